The molecule has 5 heteroatoms. The number of Topliss-reactive ketones (excluding diaryl/α,β-unsaturated/α-hetero) is 1. The van der Waals surface area contributed by atoms with E-state index in [9.17, 15) is 14.7 Å². The van der Waals surface area contributed by atoms with Crippen molar-refractivity contribution in [3.8, 4) is 0 Å². The van der Waals surface area contributed by atoms with Gasteiger partial charge in [0.2, 0.25) is 5.78 Å². The summed E-state index contributed by atoms with van der Waals surface area (Å²) in [7, 11) is 0. The Hall–Kier alpha value is -3.18. The zero-order valence-electron chi connectivity index (χ0n) is 14.9. The molecule has 136 valence electrons. The van der Waals surface area contributed by atoms with Crippen LogP contribution in [0.2, 0.25) is 0 Å². The molecule has 0 bridgehead atoms. The average Bonchev–Trinajstić information content (AvgIpc) is 3.27. The van der Waals surface area contributed by atoms with E-state index in [-0.39, 0.29) is 12.2 Å². The minimum absolute atomic E-state index is 0.130. The van der Waals surface area contributed by atoms with Crippen LogP contribution in [0.15, 0.2) is 71.3 Å². The fourth-order valence-corrected chi connectivity index (χ4v) is 3.47. The minimum atomic E-state index is -1.90. The molecule has 0 radical (unpaired) electrons. The summed E-state index contributed by atoms with van der Waals surface area (Å²) < 4.78 is 5.12. The van der Waals surface area contributed by atoms with Gasteiger partial charge in [-0.25, -0.2) is 0 Å². The number of aliphatic hydroxyl groups is 1. The Kier molecular flexibility index (Phi) is 4.16. The number of nitrogens with zero attached hydrogens (tertiary/aromatic N) is 1. The lowest BCUT2D eigenvalue weighted by atomic mass is 9.89. The van der Waals surface area contributed by atoms with Crippen molar-refractivity contribution in [2.45, 2.75) is 25.5 Å². The van der Waals surface area contributed by atoms with Crippen molar-refractivity contribution in [3.05, 3.63) is 89.4 Å². The Labute approximate surface area is 156 Å². The van der Waals surface area contributed by atoms with Crippen molar-refractivity contribution in [1.82, 2.24) is 0 Å². The standard InChI is InChI=1S/C22H19NO4/c1-15-8-10-16(11-9-15)14-23-18-6-3-2-5-17(18)22(26,21(23)25)13-19(24)20-7-4-12-27-20/h2-12,26H,13-14H2,1H3. The second-order valence-corrected chi connectivity index (χ2v) is 6.83. The highest BCUT2D eigenvalue weighted by Gasteiger charge is 2.51. The average molecular weight is 361 g/mol. The summed E-state index contributed by atoms with van der Waals surface area (Å²) in [6.45, 7) is 2.33. The summed E-state index contributed by atoms with van der Waals surface area (Å²) in [5.41, 5.74) is 1.25. The lowest BCUT2D eigenvalue weighted by Gasteiger charge is -2.22. The van der Waals surface area contributed by atoms with Crippen molar-refractivity contribution in [1.29, 1.82) is 0 Å². The first-order chi connectivity index (χ1) is 13.0. The molecule has 1 aliphatic rings. The maximum Gasteiger partial charge on any atom is 0.264 e. The van der Waals surface area contributed by atoms with Crippen molar-refractivity contribution in [2.24, 2.45) is 0 Å². The van der Waals surface area contributed by atoms with E-state index in [1.54, 1.807) is 24.3 Å². The summed E-state index contributed by atoms with van der Waals surface area (Å²) in [6.07, 6.45) is 1.03. The quantitative estimate of drug-likeness (QED) is 0.705. The Bertz CT molecular complexity index is 991. The van der Waals surface area contributed by atoms with E-state index in [1.807, 2.05) is 37.3 Å². The molecule has 2 aromatic carbocycles. The van der Waals surface area contributed by atoms with E-state index in [1.165, 1.54) is 17.2 Å². The van der Waals surface area contributed by atoms with Crippen LogP contribution in [0.3, 0.4) is 0 Å². The van der Waals surface area contributed by atoms with E-state index in [0.29, 0.717) is 17.8 Å². The van der Waals surface area contributed by atoms with Crippen LogP contribution in [-0.2, 0) is 16.9 Å². The van der Waals surface area contributed by atoms with Gasteiger partial charge in [0, 0.05) is 5.56 Å². The zero-order chi connectivity index (χ0) is 19.0. The highest BCUT2D eigenvalue weighted by molar-refractivity contribution is 6.10. The molecule has 1 amide bonds. The number of anilines is 1. The molecule has 0 aliphatic carbocycles. The summed E-state index contributed by atoms with van der Waals surface area (Å²) >= 11 is 0. The van der Waals surface area contributed by atoms with Gasteiger partial charge < -0.3 is 14.4 Å². The molecule has 2 heterocycles. The number of carbonyl (C=O) groups is 2. The van der Waals surface area contributed by atoms with Crippen LogP contribution in [0, 0.1) is 6.92 Å². The van der Waals surface area contributed by atoms with E-state index in [2.05, 4.69) is 0 Å². The largest absolute Gasteiger partial charge is 0.461 e. The van der Waals surface area contributed by atoms with Crippen molar-refractivity contribution < 1.29 is 19.1 Å². The van der Waals surface area contributed by atoms with Gasteiger partial charge in [-0.2, -0.15) is 0 Å². The highest BCUT2D eigenvalue weighted by atomic mass is 16.3. The highest BCUT2D eigenvalue weighted by Crippen LogP contribution is 2.43. The van der Waals surface area contributed by atoms with Crippen LogP contribution in [0.1, 0.15) is 33.7 Å². The first-order valence-electron chi connectivity index (χ1n) is 8.75. The molecule has 0 fully saturated rings. The van der Waals surface area contributed by atoms with Gasteiger partial charge >= 0.3 is 0 Å². The van der Waals surface area contributed by atoms with Crippen LogP contribution in [-0.4, -0.2) is 16.8 Å². The number of ketones is 1. The number of hydrogen-bond acceptors (Lipinski definition) is 4. The van der Waals surface area contributed by atoms with E-state index >= 15 is 0 Å². The molecule has 1 aliphatic heterocycles. The molecule has 1 aromatic heterocycles. The van der Waals surface area contributed by atoms with Gasteiger partial charge in [-0.3, -0.25) is 9.59 Å². The van der Waals surface area contributed by atoms with Crippen LogP contribution in [0.5, 0.6) is 0 Å². The molecule has 27 heavy (non-hydrogen) atoms. The van der Waals surface area contributed by atoms with Crippen LogP contribution < -0.4 is 4.90 Å². The molecule has 4 rings (SSSR count). The van der Waals surface area contributed by atoms with Gasteiger partial charge in [0.1, 0.15) is 0 Å². The van der Waals surface area contributed by atoms with Crippen LogP contribution >= 0.6 is 0 Å². The van der Waals surface area contributed by atoms with Gasteiger partial charge in [-0.05, 0) is 30.7 Å². The zero-order valence-corrected chi connectivity index (χ0v) is 14.9. The monoisotopic (exact) mass is 361 g/mol. The van der Waals surface area contributed by atoms with Gasteiger partial charge in [0.05, 0.1) is 24.9 Å². The fourth-order valence-electron chi connectivity index (χ4n) is 3.47. The third kappa shape index (κ3) is 2.96. The van der Waals surface area contributed by atoms with Crippen molar-refractivity contribution in [2.75, 3.05) is 4.90 Å². The first-order valence-corrected chi connectivity index (χ1v) is 8.75. The molecule has 1 atom stereocenters. The first kappa shape index (κ1) is 17.2. The predicted octanol–water partition coefficient (Wildman–Crippen LogP) is 3.60. The molecule has 1 unspecified atom stereocenters. The fraction of sp³-hybridized carbons (Fsp3) is 0.182. The molecular formula is C22H19NO4. The third-order valence-electron chi connectivity index (χ3n) is 4.91. The number of para-hydroxylation sites is 1. The van der Waals surface area contributed by atoms with Gasteiger partial charge in [-0.1, -0.05) is 48.0 Å². The number of furan rings is 1. The Morgan fingerprint density at radius 2 is 1.81 bits per heavy atom. The summed E-state index contributed by atoms with van der Waals surface area (Å²) in [6, 6.07) is 18.1. The maximum absolute atomic E-state index is 13.2. The minimum Gasteiger partial charge on any atom is -0.461 e. The van der Waals surface area contributed by atoms with E-state index in [0.717, 1.165) is 11.1 Å². The van der Waals surface area contributed by atoms with Crippen LogP contribution in [0.4, 0.5) is 5.69 Å². The maximum atomic E-state index is 13.2. The lowest BCUT2D eigenvalue weighted by Crippen LogP contribution is -2.41. The Morgan fingerprint density at radius 1 is 1.07 bits per heavy atom. The van der Waals surface area contributed by atoms with Crippen molar-refractivity contribution in [3.63, 3.8) is 0 Å². The number of rotatable bonds is 5. The normalized spacial score (nSPS) is 18.6. The Morgan fingerprint density at radius 3 is 2.52 bits per heavy atom. The molecule has 0 spiro atoms. The SMILES string of the molecule is Cc1ccc(CN2C(=O)C(O)(CC(=O)c3ccco3)c3ccccc32)cc1. The molecule has 3 aromatic rings. The number of amides is 1. The molecule has 5 nitrogen and oxygen atoms in total. The molecule has 0 saturated heterocycles. The lowest BCUT2D eigenvalue weighted by molar-refractivity contribution is -0.136. The molecule has 0 saturated carbocycles. The number of hydrogen-bond donors (Lipinski definition) is 1. The smallest absolute Gasteiger partial charge is 0.264 e. The Balaban J connectivity index is 1.68. The summed E-state index contributed by atoms with van der Waals surface area (Å²) in [4.78, 5) is 27.2. The van der Waals surface area contributed by atoms with Gasteiger partial charge in [-0.15, -0.1) is 0 Å². The summed E-state index contributed by atoms with van der Waals surface area (Å²) in [5, 5.41) is 11.2. The van der Waals surface area contributed by atoms with Gasteiger partial charge in [0.25, 0.3) is 5.91 Å². The van der Waals surface area contributed by atoms with Gasteiger partial charge in [0.15, 0.2) is 11.4 Å². The number of fused-ring (bicyclic) bond motifs is 1. The summed E-state index contributed by atoms with van der Waals surface area (Å²) in [5.74, 6) is -0.780. The third-order valence-corrected chi connectivity index (χ3v) is 4.91. The number of aryl methyl sites for hydroxylation is 1. The second kappa shape index (κ2) is 6.52. The van der Waals surface area contributed by atoms with E-state index in [4.69, 9.17) is 4.42 Å². The molecule has 1 N–H and O–H groups in total. The van der Waals surface area contributed by atoms with Crippen LogP contribution in [0.25, 0.3) is 0 Å². The second-order valence-electron chi connectivity index (χ2n) is 6.83. The number of carbonyl (C=O) groups excluding carboxylic acids is 2. The predicted molar refractivity (Wildman–Crippen MR) is 100 cm³/mol. The topological polar surface area (TPSA) is 70.8 Å². The van der Waals surface area contributed by atoms with E-state index < -0.39 is 17.3 Å². The molecular weight excluding hydrogens is 342 g/mol. The number of benzene rings is 2. The van der Waals surface area contributed by atoms with Crippen molar-refractivity contribution >= 4 is 17.4 Å².